The van der Waals surface area contributed by atoms with Gasteiger partial charge in [-0.3, -0.25) is 4.79 Å². The fourth-order valence-corrected chi connectivity index (χ4v) is 3.42. The molecule has 0 bridgehead atoms. The average Bonchev–Trinajstić information content (AvgIpc) is 2.74. The number of carbonyl (C=O) groups excluding carboxylic acids is 1. The fraction of sp³-hybridized carbons (Fsp3) is 0.160. The van der Waals surface area contributed by atoms with E-state index in [9.17, 15) is 9.18 Å². The van der Waals surface area contributed by atoms with Gasteiger partial charge < -0.3 is 10.1 Å². The summed E-state index contributed by atoms with van der Waals surface area (Å²) in [5.74, 6) is -0.246. The summed E-state index contributed by atoms with van der Waals surface area (Å²) in [4.78, 5) is 12.3. The van der Waals surface area contributed by atoms with Gasteiger partial charge in [-0.2, -0.15) is 0 Å². The molecule has 1 N–H and O–H groups in total. The molecule has 29 heavy (non-hydrogen) atoms. The first kappa shape index (κ1) is 18.9. The zero-order valence-corrected chi connectivity index (χ0v) is 16.2. The van der Waals surface area contributed by atoms with E-state index in [1.165, 1.54) is 17.7 Å². The second kappa shape index (κ2) is 7.92. The van der Waals surface area contributed by atoms with Crippen LogP contribution in [0.25, 0.3) is 6.08 Å². The Morgan fingerprint density at radius 3 is 2.59 bits per heavy atom. The Bertz CT molecular complexity index is 1060. The van der Waals surface area contributed by atoms with Crippen molar-refractivity contribution in [2.45, 2.75) is 25.4 Å². The maximum absolute atomic E-state index is 13.8. The summed E-state index contributed by atoms with van der Waals surface area (Å²) in [5, 5.41) is 2.75. The fourth-order valence-electron chi connectivity index (χ4n) is 3.42. The van der Waals surface area contributed by atoms with E-state index in [1.54, 1.807) is 18.2 Å². The molecule has 0 fully saturated rings. The van der Waals surface area contributed by atoms with Crippen LogP contribution in [-0.4, -0.2) is 11.5 Å². The maximum Gasteiger partial charge on any atom is 0.258 e. The molecule has 0 saturated carbocycles. The molecule has 1 aliphatic rings. The molecular formula is C25H22FNO2. The number of benzene rings is 3. The second-order valence-electron chi connectivity index (χ2n) is 7.42. The molecule has 1 amide bonds. The number of rotatable bonds is 5. The molecule has 1 heterocycles. The van der Waals surface area contributed by atoms with Gasteiger partial charge in [-0.1, -0.05) is 48.5 Å². The Morgan fingerprint density at radius 1 is 1.03 bits per heavy atom. The van der Waals surface area contributed by atoms with Gasteiger partial charge in [-0.05, 0) is 61.7 Å². The Kier molecular flexibility index (Phi) is 5.17. The van der Waals surface area contributed by atoms with E-state index >= 15 is 0 Å². The van der Waals surface area contributed by atoms with Crippen LogP contribution in [-0.2, 0) is 6.42 Å². The second-order valence-corrected chi connectivity index (χ2v) is 7.42. The number of amides is 1. The zero-order chi connectivity index (χ0) is 20.3. The van der Waals surface area contributed by atoms with Crippen LogP contribution in [0.4, 0.5) is 10.1 Å². The first-order valence-corrected chi connectivity index (χ1v) is 9.65. The maximum atomic E-state index is 13.8. The minimum atomic E-state index is -0.541. The topological polar surface area (TPSA) is 38.3 Å². The molecule has 0 spiro atoms. The molecule has 4 heteroatoms. The Labute approximate surface area is 169 Å². The van der Waals surface area contributed by atoms with Crippen molar-refractivity contribution in [1.29, 1.82) is 0 Å². The summed E-state index contributed by atoms with van der Waals surface area (Å²) in [6.45, 7) is 2.07. The van der Waals surface area contributed by atoms with Crippen LogP contribution in [0.15, 0.2) is 78.9 Å². The molecule has 1 aliphatic heterocycles. The highest BCUT2D eigenvalue weighted by Gasteiger charge is 2.27. The van der Waals surface area contributed by atoms with Crippen LogP contribution in [0, 0.1) is 5.82 Å². The van der Waals surface area contributed by atoms with Crippen LogP contribution < -0.4 is 10.1 Å². The van der Waals surface area contributed by atoms with Crippen molar-refractivity contribution in [3.05, 3.63) is 101 Å². The Balaban J connectivity index is 1.45. The predicted octanol–water partition coefficient (Wildman–Crippen LogP) is 5.88. The molecule has 0 saturated heterocycles. The third-order valence-electron chi connectivity index (χ3n) is 5.10. The van der Waals surface area contributed by atoms with E-state index in [4.69, 9.17) is 4.74 Å². The van der Waals surface area contributed by atoms with Gasteiger partial charge in [-0.25, -0.2) is 4.39 Å². The van der Waals surface area contributed by atoms with Crippen molar-refractivity contribution >= 4 is 17.7 Å². The number of aryl methyl sites for hydroxylation is 1. The van der Waals surface area contributed by atoms with Gasteiger partial charge in [0.05, 0.1) is 5.56 Å². The zero-order valence-electron chi connectivity index (χ0n) is 16.2. The number of anilines is 1. The lowest BCUT2D eigenvalue weighted by Crippen LogP contribution is -2.32. The van der Waals surface area contributed by atoms with Crippen LogP contribution in [0.3, 0.4) is 0 Å². The van der Waals surface area contributed by atoms with Gasteiger partial charge in [0.1, 0.15) is 17.2 Å². The van der Waals surface area contributed by atoms with E-state index in [1.807, 2.05) is 36.4 Å². The first-order chi connectivity index (χ1) is 14.0. The van der Waals surface area contributed by atoms with Crippen molar-refractivity contribution in [2.24, 2.45) is 0 Å². The quantitative estimate of drug-likeness (QED) is 0.594. The van der Waals surface area contributed by atoms with E-state index < -0.39 is 11.7 Å². The van der Waals surface area contributed by atoms with Crippen molar-refractivity contribution < 1.29 is 13.9 Å². The molecule has 146 valence electrons. The molecule has 3 aromatic rings. The van der Waals surface area contributed by atoms with Gasteiger partial charge in [0.2, 0.25) is 0 Å². The number of hydrogen-bond acceptors (Lipinski definition) is 2. The molecule has 1 atom stereocenters. The van der Waals surface area contributed by atoms with E-state index in [0.717, 1.165) is 24.2 Å². The SMILES string of the molecule is CC1(CCc2ccccc2)C=Cc2cc(NC(=O)c3ccccc3F)ccc2O1. The largest absolute Gasteiger partial charge is 0.483 e. The summed E-state index contributed by atoms with van der Waals surface area (Å²) < 4.78 is 20.1. The first-order valence-electron chi connectivity index (χ1n) is 9.65. The number of nitrogens with one attached hydrogen (secondary N) is 1. The van der Waals surface area contributed by atoms with Crippen LogP contribution in [0.2, 0.25) is 0 Å². The molecular weight excluding hydrogens is 365 g/mol. The molecule has 4 rings (SSSR count). The van der Waals surface area contributed by atoms with Crippen LogP contribution >= 0.6 is 0 Å². The lowest BCUT2D eigenvalue weighted by atomic mass is 9.93. The highest BCUT2D eigenvalue weighted by Crippen LogP contribution is 2.35. The smallest absolute Gasteiger partial charge is 0.258 e. The normalized spacial score (nSPS) is 17.3. The summed E-state index contributed by atoms with van der Waals surface area (Å²) in [6, 6.07) is 21.7. The number of hydrogen-bond donors (Lipinski definition) is 1. The molecule has 1 unspecified atom stereocenters. The number of ether oxygens (including phenoxy) is 1. The molecule has 0 aromatic heterocycles. The average molecular weight is 387 g/mol. The van der Waals surface area contributed by atoms with E-state index in [-0.39, 0.29) is 11.2 Å². The van der Waals surface area contributed by atoms with Gasteiger partial charge in [0, 0.05) is 11.3 Å². The van der Waals surface area contributed by atoms with Gasteiger partial charge in [-0.15, -0.1) is 0 Å². The number of halogens is 1. The highest BCUT2D eigenvalue weighted by atomic mass is 19.1. The third-order valence-corrected chi connectivity index (χ3v) is 5.10. The lowest BCUT2D eigenvalue weighted by Gasteiger charge is -2.32. The van der Waals surface area contributed by atoms with Crippen molar-refractivity contribution in [2.75, 3.05) is 5.32 Å². The lowest BCUT2D eigenvalue weighted by molar-refractivity contribution is 0.102. The molecule has 0 radical (unpaired) electrons. The van der Waals surface area contributed by atoms with Crippen molar-refractivity contribution in [3.63, 3.8) is 0 Å². The predicted molar refractivity (Wildman–Crippen MR) is 114 cm³/mol. The Morgan fingerprint density at radius 2 is 1.79 bits per heavy atom. The van der Waals surface area contributed by atoms with Gasteiger partial charge in [0.15, 0.2) is 0 Å². The minimum Gasteiger partial charge on any atom is -0.483 e. The Hall–Kier alpha value is -3.40. The molecule has 3 aromatic carbocycles. The molecule has 3 nitrogen and oxygen atoms in total. The van der Waals surface area contributed by atoms with Gasteiger partial charge in [0.25, 0.3) is 5.91 Å². The highest BCUT2D eigenvalue weighted by molar-refractivity contribution is 6.04. The van der Waals surface area contributed by atoms with Gasteiger partial charge >= 0.3 is 0 Å². The van der Waals surface area contributed by atoms with Crippen molar-refractivity contribution in [3.8, 4) is 5.75 Å². The summed E-state index contributed by atoms with van der Waals surface area (Å²) in [5.41, 5.74) is 2.39. The molecule has 0 aliphatic carbocycles. The van der Waals surface area contributed by atoms with Crippen molar-refractivity contribution in [1.82, 2.24) is 0 Å². The standard InChI is InChI=1S/C25H22FNO2/c1-25(15-13-18-7-3-2-4-8-18)16-14-19-17-20(11-12-23(19)29-25)27-24(28)21-9-5-6-10-22(21)26/h2-12,14,16-17H,13,15H2,1H3,(H,27,28). The monoisotopic (exact) mass is 387 g/mol. The van der Waals surface area contributed by atoms with Crippen LogP contribution in [0.5, 0.6) is 5.75 Å². The minimum absolute atomic E-state index is 0.0190. The summed E-state index contributed by atoms with van der Waals surface area (Å²) in [6.07, 6.45) is 5.86. The number of carbonyl (C=O) groups is 1. The summed E-state index contributed by atoms with van der Waals surface area (Å²) >= 11 is 0. The van der Waals surface area contributed by atoms with Crippen LogP contribution in [0.1, 0.15) is 34.8 Å². The van der Waals surface area contributed by atoms with E-state index in [2.05, 4.69) is 30.4 Å². The van der Waals surface area contributed by atoms with E-state index in [0.29, 0.717) is 5.69 Å². The summed E-state index contributed by atoms with van der Waals surface area (Å²) in [7, 11) is 0. The number of fused-ring (bicyclic) bond motifs is 1. The third kappa shape index (κ3) is 4.37.